The topological polar surface area (TPSA) is 34.1 Å². The van der Waals surface area contributed by atoms with Crippen molar-refractivity contribution in [2.75, 3.05) is 12.4 Å². The van der Waals surface area contributed by atoms with Crippen molar-refractivity contribution in [2.24, 2.45) is 0 Å². The summed E-state index contributed by atoms with van der Waals surface area (Å²) in [6, 6.07) is 4.45. The molecule has 0 aliphatic rings. The van der Waals surface area contributed by atoms with E-state index >= 15 is 0 Å². The van der Waals surface area contributed by atoms with Gasteiger partial charge in [0, 0.05) is 12.1 Å². The highest BCUT2D eigenvalue weighted by Crippen LogP contribution is 2.15. The van der Waals surface area contributed by atoms with Crippen LogP contribution in [0.3, 0.4) is 0 Å². The van der Waals surface area contributed by atoms with E-state index in [9.17, 15) is 0 Å². The van der Waals surface area contributed by atoms with Crippen LogP contribution in [0.1, 0.15) is 39.5 Å². The van der Waals surface area contributed by atoms with Gasteiger partial charge in [0.1, 0.15) is 0 Å². The molecule has 0 saturated heterocycles. The van der Waals surface area contributed by atoms with Crippen molar-refractivity contribution in [3.63, 3.8) is 0 Å². The van der Waals surface area contributed by atoms with Crippen molar-refractivity contribution in [1.82, 2.24) is 4.98 Å². The molecule has 0 spiro atoms. The maximum Gasteiger partial charge on any atom is 0.213 e. The highest BCUT2D eigenvalue weighted by Gasteiger charge is 2.05. The van der Waals surface area contributed by atoms with E-state index in [0.29, 0.717) is 11.9 Å². The third-order valence-corrected chi connectivity index (χ3v) is 2.72. The molecule has 0 saturated carbocycles. The summed E-state index contributed by atoms with van der Waals surface area (Å²) in [5, 5.41) is 3.50. The molecule has 0 radical (unpaired) electrons. The van der Waals surface area contributed by atoms with Gasteiger partial charge in [-0.2, -0.15) is 0 Å². The lowest BCUT2D eigenvalue weighted by Gasteiger charge is -2.17. The zero-order chi connectivity index (χ0) is 11.8. The van der Waals surface area contributed by atoms with E-state index in [4.69, 9.17) is 4.74 Å². The lowest BCUT2D eigenvalue weighted by Crippen LogP contribution is -2.18. The van der Waals surface area contributed by atoms with Crippen LogP contribution in [0.25, 0.3) is 0 Å². The molecule has 0 aliphatic heterocycles. The first-order valence-electron chi connectivity index (χ1n) is 6.06. The van der Waals surface area contributed by atoms with Gasteiger partial charge in [-0.3, -0.25) is 0 Å². The first kappa shape index (κ1) is 12.8. The average molecular weight is 222 g/mol. The predicted molar refractivity (Wildman–Crippen MR) is 68.0 cm³/mol. The Morgan fingerprint density at radius 3 is 2.69 bits per heavy atom. The standard InChI is InChI=1S/C13H22N2O/c1-4-6-7-11(5-2)15-12-8-9-13(16-3)14-10-12/h8-11,15H,4-7H2,1-3H3. The van der Waals surface area contributed by atoms with Crippen LogP contribution in [0.5, 0.6) is 5.88 Å². The first-order chi connectivity index (χ1) is 7.80. The monoisotopic (exact) mass is 222 g/mol. The second kappa shape index (κ2) is 7.09. The predicted octanol–water partition coefficient (Wildman–Crippen LogP) is 3.47. The number of methoxy groups -OCH3 is 1. The van der Waals surface area contributed by atoms with Crippen molar-refractivity contribution in [2.45, 2.75) is 45.6 Å². The Morgan fingerprint density at radius 1 is 1.38 bits per heavy atom. The molecule has 0 fully saturated rings. The van der Waals surface area contributed by atoms with Crippen molar-refractivity contribution in [3.05, 3.63) is 18.3 Å². The number of unbranched alkanes of at least 4 members (excludes halogenated alkanes) is 1. The number of rotatable bonds is 7. The number of nitrogens with one attached hydrogen (secondary N) is 1. The fraction of sp³-hybridized carbons (Fsp3) is 0.615. The molecule has 1 rings (SSSR count). The van der Waals surface area contributed by atoms with E-state index in [-0.39, 0.29) is 0 Å². The first-order valence-corrected chi connectivity index (χ1v) is 6.06. The third-order valence-electron chi connectivity index (χ3n) is 2.72. The molecule has 0 aromatic carbocycles. The number of aromatic nitrogens is 1. The number of nitrogens with zero attached hydrogens (tertiary/aromatic N) is 1. The fourth-order valence-corrected chi connectivity index (χ4v) is 1.65. The number of ether oxygens (including phenoxy) is 1. The second-order valence-electron chi connectivity index (χ2n) is 3.98. The van der Waals surface area contributed by atoms with Gasteiger partial charge in [0.25, 0.3) is 0 Å². The van der Waals surface area contributed by atoms with Crippen LogP contribution in [0.15, 0.2) is 18.3 Å². The third kappa shape index (κ3) is 4.09. The Labute approximate surface area is 98.2 Å². The van der Waals surface area contributed by atoms with Gasteiger partial charge in [0.2, 0.25) is 5.88 Å². The van der Waals surface area contributed by atoms with Crippen molar-refractivity contribution < 1.29 is 4.74 Å². The summed E-state index contributed by atoms with van der Waals surface area (Å²) in [5.41, 5.74) is 1.07. The molecule has 1 N–H and O–H groups in total. The van der Waals surface area contributed by atoms with Gasteiger partial charge in [0.15, 0.2) is 0 Å². The Hall–Kier alpha value is -1.25. The van der Waals surface area contributed by atoms with Crippen molar-refractivity contribution in [3.8, 4) is 5.88 Å². The molecular weight excluding hydrogens is 200 g/mol. The summed E-state index contributed by atoms with van der Waals surface area (Å²) in [6.07, 6.45) is 6.71. The zero-order valence-electron chi connectivity index (χ0n) is 10.5. The molecule has 1 heterocycles. The average Bonchev–Trinajstić information content (AvgIpc) is 2.35. The van der Waals surface area contributed by atoms with Gasteiger partial charge in [0.05, 0.1) is 19.0 Å². The summed E-state index contributed by atoms with van der Waals surface area (Å²) < 4.78 is 5.03. The smallest absolute Gasteiger partial charge is 0.213 e. The molecule has 90 valence electrons. The summed E-state index contributed by atoms with van der Waals surface area (Å²) in [7, 11) is 1.63. The Kier molecular flexibility index (Phi) is 5.68. The molecule has 1 aromatic rings. The van der Waals surface area contributed by atoms with Crippen LogP contribution >= 0.6 is 0 Å². The molecule has 0 bridgehead atoms. The Balaban J connectivity index is 2.49. The van der Waals surface area contributed by atoms with E-state index in [1.54, 1.807) is 7.11 Å². The minimum absolute atomic E-state index is 0.551. The van der Waals surface area contributed by atoms with E-state index in [2.05, 4.69) is 24.1 Å². The van der Waals surface area contributed by atoms with Gasteiger partial charge in [-0.15, -0.1) is 0 Å². The van der Waals surface area contributed by atoms with Crippen LogP contribution in [0, 0.1) is 0 Å². The molecule has 0 aliphatic carbocycles. The van der Waals surface area contributed by atoms with E-state index < -0.39 is 0 Å². The summed E-state index contributed by atoms with van der Waals surface area (Å²) in [5.74, 6) is 0.659. The normalized spacial score (nSPS) is 12.2. The van der Waals surface area contributed by atoms with Gasteiger partial charge in [-0.1, -0.05) is 26.7 Å². The summed E-state index contributed by atoms with van der Waals surface area (Å²) >= 11 is 0. The molecule has 3 nitrogen and oxygen atoms in total. The molecule has 16 heavy (non-hydrogen) atoms. The van der Waals surface area contributed by atoms with Gasteiger partial charge < -0.3 is 10.1 Å². The maximum absolute atomic E-state index is 5.03. The summed E-state index contributed by atoms with van der Waals surface area (Å²) in [4.78, 5) is 4.18. The Bertz CT molecular complexity index is 284. The van der Waals surface area contributed by atoms with Crippen molar-refractivity contribution >= 4 is 5.69 Å². The lowest BCUT2D eigenvalue weighted by molar-refractivity contribution is 0.398. The van der Waals surface area contributed by atoms with E-state index in [0.717, 1.165) is 12.1 Å². The van der Waals surface area contributed by atoms with Crippen LogP contribution in [0.4, 0.5) is 5.69 Å². The van der Waals surface area contributed by atoms with Gasteiger partial charge >= 0.3 is 0 Å². The minimum Gasteiger partial charge on any atom is -0.481 e. The Morgan fingerprint density at radius 2 is 2.19 bits per heavy atom. The van der Waals surface area contributed by atoms with Crippen LogP contribution in [-0.4, -0.2) is 18.1 Å². The lowest BCUT2D eigenvalue weighted by atomic mass is 10.1. The maximum atomic E-state index is 5.03. The molecule has 1 atom stereocenters. The van der Waals surface area contributed by atoms with Crippen LogP contribution in [-0.2, 0) is 0 Å². The van der Waals surface area contributed by atoms with Gasteiger partial charge in [-0.25, -0.2) is 4.98 Å². The summed E-state index contributed by atoms with van der Waals surface area (Å²) in [6.45, 7) is 4.44. The SMILES string of the molecule is CCCCC(CC)Nc1ccc(OC)nc1. The zero-order valence-corrected chi connectivity index (χ0v) is 10.5. The van der Waals surface area contributed by atoms with Crippen molar-refractivity contribution in [1.29, 1.82) is 0 Å². The molecule has 1 unspecified atom stereocenters. The number of anilines is 1. The highest BCUT2D eigenvalue weighted by molar-refractivity contribution is 5.42. The van der Waals surface area contributed by atoms with E-state index in [1.807, 2.05) is 18.3 Å². The molecule has 3 heteroatoms. The largest absolute Gasteiger partial charge is 0.481 e. The second-order valence-corrected chi connectivity index (χ2v) is 3.98. The van der Waals surface area contributed by atoms with Crippen LogP contribution in [0.2, 0.25) is 0 Å². The molecule has 0 amide bonds. The fourth-order valence-electron chi connectivity index (χ4n) is 1.65. The number of pyridine rings is 1. The number of hydrogen-bond donors (Lipinski definition) is 1. The highest BCUT2D eigenvalue weighted by atomic mass is 16.5. The number of hydrogen-bond acceptors (Lipinski definition) is 3. The quantitative estimate of drug-likeness (QED) is 0.767. The molecule has 1 aromatic heterocycles. The van der Waals surface area contributed by atoms with Crippen LogP contribution < -0.4 is 10.1 Å². The van der Waals surface area contributed by atoms with E-state index in [1.165, 1.54) is 19.3 Å². The van der Waals surface area contributed by atoms with Gasteiger partial charge in [-0.05, 0) is 18.9 Å². The minimum atomic E-state index is 0.551. The molecular formula is C13H22N2O.